The molecule has 0 radical (unpaired) electrons. The molecule has 16 aromatic heterocycles. The minimum absolute atomic E-state index is 0. The number of H-pyrrole nitrogens is 2. The van der Waals surface area contributed by atoms with Gasteiger partial charge in [-0.3, -0.25) is 35.0 Å². The first kappa shape index (κ1) is 88.4. The second kappa shape index (κ2) is 45.4. The third-order valence-corrected chi connectivity index (χ3v) is 26.9. The van der Waals surface area contributed by atoms with Gasteiger partial charge in [0.2, 0.25) is 29.5 Å². The van der Waals surface area contributed by atoms with Gasteiger partial charge in [0.1, 0.15) is 16.3 Å². The van der Waals surface area contributed by atoms with Crippen molar-refractivity contribution in [2.75, 3.05) is 32.5 Å². The van der Waals surface area contributed by atoms with Gasteiger partial charge < -0.3 is 41.1 Å². The average Bonchev–Trinajstić information content (AvgIpc) is 1.71. The van der Waals surface area contributed by atoms with Gasteiger partial charge >= 0.3 is 0 Å². The number of benzene rings is 5. The molecule has 32 nitrogen and oxygen atoms in total. The summed E-state index contributed by atoms with van der Waals surface area (Å²) in [5, 5.41) is 61.0. The minimum Gasteiger partial charge on any atom is -0.497 e. The molecule has 0 spiro atoms. The lowest BCUT2D eigenvalue weighted by atomic mass is 9.99. The Morgan fingerprint density at radius 2 is 0.854 bits per heavy atom. The van der Waals surface area contributed by atoms with Crippen LogP contribution < -0.4 is 4.74 Å². The Labute approximate surface area is 776 Å². The fourth-order valence-corrected chi connectivity index (χ4v) is 18.8. The standard InChI is InChI=1S/2C15H11N5OS.C15H10N4O2S.C15H10N4OS2.C15H20N4OS.C15H13N3OS2.H2/c1-2-12-8-17-18-13(12)7-10(1)9-22-15-20-19-14(21-15)11-3-5-16-6-4-11;1-2-12-13(18-9-17-12)7-10(1)8-22-15-20-19-14(21-15)11-3-5-16-6-4-11;1-2-13-12(17-9-20-13)7-10(1)8-22-15-19-18-14(21-15)11-3-5-16-6-4-11;1-2-13-12(17-9-22-13)7-10(1)8-21-15-19-18-14(20-15)11-3-5-16-6-4-11;1-2-19-9-5-12(6-10-19)11-21-15-18-17-14(20-15)13-3-7-16-8-4-13;1-19-13-4-2-11(3-5-13)10-20-15-18-17-14(21-15)12-6-8-16-9-7-12;/h1-8H,9H2,(H,17,18);1-7,9H,8H2,(H,17,18);2*1-7,9H,8H2;3-4,7-8,12H,2,5-6,9-11H2,1H3;2-9H,10H2,1H3;1H. The van der Waals surface area contributed by atoms with Crippen molar-refractivity contribution < 1.29 is 32.7 Å². The Kier molecular flexibility index (Phi) is 30.9. The van der Waals surface area contributed by atoms with Crippen molar-refractivity contribution in [3.63, 3.8) is 0 Å². The molecular formula is C90H77N25O7S8. The van der Waals surface area contributed by atoms with Crippen LogP contribution >= 0.6 is 93.2 Å². The fourth-order valence-electron chi connectivity index (χ4n) is 12.5. The van der Waals surface area contributed by atoms with Crippen molar-refractivity contribution in [2.45, 2.75) is 79.0 Å². The van der Waals surface area contributed by atoms with Crippen molar-refractivity contribution in [1.82, 2.24) is 126 Å². The number of methoxy groups -OCH3 is 1. The Balaban J connectivity index is 0.000000115. The SMILES string of the molecule is CCN1CCC(CSc2nnc(-c3ccncc3)o2)CC1.COc1ccc(CSc2nnc(-c3ccncc3)s2)cc1.[HH].c1cc(-c2nnc(SCc3ccc4cn[nH]c4c3)o2)ccn1.c1cc(-c2nnc(SCc3ccc4nc[nH]c4c3)o2)ccn1.c1cc(-c2nnc(SCc3ccc4ocnc4c3)o2)ccn1.c1cc(-c2nnc(SCc3ccc4scnc4c3)o2)ccn1. The lowest BCUT2D eigenvalue weighted by Gasteiger charge is -2.30. The maximum absolute atomic E-state index is 5.71. The third kappa shape index (κ3) is 25.0. The van der Waals surface area contributed by atoms with E-state index >= 15 is 0 Å². The number of pyridine rings is 6. The summed E-state index contributed by atoms with van der Waals surface area (Å²) in [5.74, 6) is 9.17. The molecule has 21 aromatic rings. The molecule has 1 saturated heterocycles. The highest BCUT2D eigenvalue weighted by molar-refractivity contribution is 8.00. The first-order valence-electron chi connectivity index (χ1n) is 40.3. The molecule has 5 aromatic carbocycles. The van der Waals surface area contributed by atoms with Crippen LogP contribution in [0, 0.1) is 5.92 Å². The number of aromatic amines is 2. The van der Waals surface area contributed by atoms with Gasteiger partial charge in [0.25, 0.3) is 26.1 Å². The van der Waals surface area contributed by atoms with E-state index in [0.717, 1.165) is 133 Å². The number of ether oxygens (including phenoxy) is 1. The number of aromatic nitrogens is 24. The molecule has 22 rings (SSSR count). The third-order valence-electron chi connectivity index (χ3n) is 19.4. The summed E-state index contributed by atoms with van der Waals surface area (Å²) in [5.41, 5.74) is 18.9. The van der Waals surface area contributed by atoms with Crippen LogP contribution in [0.1, 0.15) is 49.0 Å². The van der Waals surface area contributed by atoms with Crippen LogP contribution in [-0.2, 0) is 28.8 Å². The maximum atomic E-state index is 5.71. The fraction of sp³-hybridized carbons (Fsp3) is 0.156. The highest BCUT2D eigenvalue weighted by atomic mass is 32.2. The monoisotopic (exact) mass is 1880 g/mol. The maximum Gasteiger partial charge on any atom is 0.277 e. The van der Waals surface area contributed by atoms with Crippen LogP contribution in [0.25, 0.3) is 111 Å². The van der Waals surface area contributed by atoms with Gasteiger partial charge in [-0.05, 0) is 194 Å². The van der Waals surface area contributed by atoms with Crippen LogP contribution in [0.3, 0.4) is 0 Å². The second-order valence-electron chi connectivity index (χ2n) is 28.0. The number of hydrogen-bond acceptors (Lipinski definition) is 38. The molecular weight excluding hydrogens is 1800 g/mol. The van der Waals surface area contributed by atoms with E-state index in [2.05, 4.69) is 188 Å². The molecule has 652 valence electrons. The number of nitrogens with zero attached hydrogens (tertiary/aromatic N) is 23. The summed E-state index contributed by atoms with van der Waals surface area (Å²) in [6.45, 7) is 5.83. The van der Waals surface area contributed by atoms with Gasteiger partial charge in [0.15, 0.2) is 16.3 Å². The number of oxazole rings is 1. The largest absolute Gasteiger partial charge is 0.497 e. The first-order valence-corrected chi connectivity index (χ1v) is 47.9. The molecule has 0 bridgehead atoms. The van der Waals surface area contributed by atoms with Crippen molar-refractivity contribution >= 4 is 136 Å². The molecule has 0 unspecified atom stereocenters. The molecule has 2 N–H and O–H groups in total. The molecule has 130 heavy (non-hydrogen) atoms. The average molecular weight is 1880 g/mol. The summed E-state index contributed by atoms with van der Waals surface area (Å²) in [6, 6.07) is 55.0. The number of hydrogen-bond donors (Lipinski definition) is 2. The van der Waals surface area contributed by atoms with E-state index in [1.807, 2.05) is 127 Å². The highest BCUT2D eigenvalue weighted by Crippen LogP contribution is 2.36. The predicted molar refractivity (Wildman–Crippen MR) is 505 cm³/mol. The number of imidazole rings is 1. The molecule has 1 aliphatic heterocycles. The number of likely N-dealkylation sites (tertiary alicyclic amines) is 1. The number of piperidine rings is 1. The highest BCUT2D eigenvalue weighted by Gasteiger charge is 2.21. The predicted octanol–water partition coefficient (Wildman–Crippen LogP) is 21.3. The van der Waals surface area contributed by atoms with E-state index in [-0.39, 0.29) is 1.43 Å². The van der Waals surface area contributed by atoms with E-state index in [0.29, 0.717) is 55.6 Å². The molecule has 1 fully saturated rings. The van der Waals surface area contributed by atoms with Crippen molar-refractivity contribution in [3.8, 4) is 73.6 Å². The van der Waals surface area contributed by atoms with Gasteiger partial charge in [0, 0.05) is 149 Å². The molecule has 0 amide bonds. The van der Waals surface area contributed by atoms with Crippen LogP contribution in [0.4, 0.5) is 0 Å². The Morgan fingerprint density at radius 1 is 0.415 bits per heavy atom. The summed E-state index contributed by atoms with van der Waals surface area (Å²) >= 11 is 12.6. The normalized spacial score (nSPS) is 12.0. The van der Waals surface area contributed by atoms with E-state index in [1.165, 1.54) is 113 Å². The van der Waals surface area contributed by atoms with Gasteiger partial charge in [-0.25, -0.2) is 15.0 Å². The number of fused-ring (bicyclic) bond motifs is 4. The van der Waals surface area contributed by atoms with Gasteiger partial charge in [0.05, 0.1) is 51.9 Å². The smallest absolute Gasteiger partial charge is 0.277 e. The van der Waals surface area contributed by atoms with Crippen molar-refractivity contribution in [3.05, 3.63) is 296 Å². The molecule has 0 saturated carbocycles. The number of thioether (sulfide) groups is 6. The Bertz CT molecular complexity index is 6410. The van der Waals surface area contributed by atoms with Crippen LogP contribution in [0.2, 0.25) is 0 Å². The molecule has 1 aliphatic rings. The zero-order valence-corrected chi connectivity index (χ0v) is 75.7. The van der Waals surface area contributed by atoms with Gasteiger partial charge in [-0.2, -0.15) is 5.10 Å². The zero-order valence-electron chi connectivity index (χ0n) is 69.2. The van der Waals surface area contributed by atoms with E-state index < -0.39 is 0 Å². The molecule has 0 aliphatic carbocycles. The lowest BCUT2D eigenvalue weighted by Crippen LogP contribution is -2.34. The minimum atomic E-state index is 0. The van der Waals surface area contributed by atoms with E-state index in [4.69, 9.17) is 31.2 Å². The lowest BCUT2D eigenvalue weighted by molar-refractivity contribution is 0.203. The summed E-state index contributed by atoms with van der Waals surface area (Å²) < 4.78 is 40.9. The van der Waals surface area contributed by atoms with Gasteiger partial charge in [-0.15, -0.1) is 72.5 Å². The Morgan fingerprint density at radius 3 is 1.35 bits per heavy atom. The van der Waals surface area contributed by atoms with Crippen LogP contribution in [0.5, 0.6) is 5.75 Å². The summed E-state index contributed by atoms with van der Waals surface area (Å²) in [4.78, 5) is 42.2. The number of thiazole rings is 1. The van der Waals surface area contributed by atoms with E-state index in [9.17, 15) is 0 Å². The van der Waals surface area contributed by atoms with Gasteiger partial charge in [-0.1, -0.05) is 131 Å². The van der Waals surface area contributed by atoms with Crippen molar-refractivity contribution in [1.29, 1.82) is 0 Å². The molecule has 40 heteroatoms. The summed E-state index contributed by atoms with van der Waals surface area (Å²) in [6.07, 6.45) is 28.1. The Hall–Kier alpha value is -13.6. The second-order valence-corrected chi connectivity index (χ2v) is 35.8. The number of rotatable bonds is 26. The summed E-state index contributed by atoms with van der Waals surface area (Å²) in [7, 11) is 1.67. The first-order chi connectivity index (χ1) is 64.2. The van der Waals surface area contributed by atoms with E-state index in [1.54, 1.807) is 134 Å². The molecule has 0 atom stereocenters. The topological polar surface area (TPSA) is 406 Å². The van der Waals surface area contributed by atoms with Crippen LogP contribution in [0.15, 0.2) is 326 Å². The molecule has 17 heterocycles. The van der Waals surface area contributed by atoms with Crippen molar-refractivity contribution in [2.24, 2.45) is 5.92 Å². The van der Waals surface area contributed by atoms with Crippen LogP contribution in [-0.4, -0.2) is 159 Å². The number of nitrogens with one attached hydrogen (secondary N) is 2. The zero-order chi connectivity index (χ0) is 88.1. The quantitative estimate of drug-likeness (QED) is 0.0475.